The van der Waals surface area contributed by atoms with Crippen LogP contribution >= 0.6 is 0 Å². The third-order valence-electron chi connectivity index (χ3n) is 6.25. The highest BCUT2D eigenvalue weighted by atomic mass is 19.3. The van der Waals surface area contributed by atoms with Gasteiger partial charge < -0.3 is 19.9 Å². The molecule has 38 heavy (non-hydrogen) atoms. The zero-order chi connectivity index (χ0) is 27.3. The van der Waals surface area contributed by atoms with Crippen molar-refractivity contribution in [3.63, 3.8) is 0 Å². The molecule has 2 atom stereocenters. The maximum absolute atomic E-state index is 13.1. The second-order valence-corrected chi connectivity index (χ2v) is 9.36. The van der Waals surface area contributed by atoms with Crippen LogP contribution in [0.25, 0.3) is 11.4 Å². The fraction of sp³-hybridized carbons (Fsp3) is 0.520. The van der Waals surface area contributed by atoms with Crippen molar-refractivity contribution in [3.8, 4) is 23.0 Å². The summed E-state index contributed by atoms with van der Waals surface area (Å²) in [5, 5.41) is 16.8. The standard InChI is InChI=1S/C25H31F2N7O4/c1-4-18-20(38-16-7-5-6-15(10-16)23(35)36)13-29-22(32-18)17-11-31-34(3)19(17)12-30-24-28-9-8-21(33-24)37-14-25(2,26)27/h8-9,11,13,15-16H,4-7,10,12,14H2,1-3H3,(H,35,36)(H,28,30,33)/t15-,16-/m0/s1. The summed E-state index contributed by atoms with van der Waals surface area (Å²) in [5.41, 5.74) is 2.17. The lowest BCUT2D eigenvalue weighted by Crippen LogP contribution is -2.29. The summed E-state index contributed by atoms with van der Waals surface area (Å²) in [7, 11) is 1.78. The van der Waals surface area contributed by atoms with Crippen LogP contribution in [0, 0.1) is 5.92 Å². The molecule has 0 radical (unpaired) electrons. The summed E-state index contributed by atoms with van der Waals surface area (Å²) in [6.45, 7) is 2.22. The molecule has 3 aromatic rings. The molecule has 1 aliphatic rings. The van der Waals surface area contributed by atoms with E-state index in [0.717, 1.165) is 31.2 Å². The van der Waals surface area contributed by atoms with Crippen LogP contribution in [0.2, 0.25) is 0 Å². The van der Waals surface area contributed by atoms with E-state index in [-0.39, 0.29) is 24.5 Å². The van der Waals surface area contributed by atoms with Gasteiger partial charge in [0.15, 0.2) is 18.2 Å². The van der Waals surface area contributed by atoms with E-state index in [2.05, 4.69) is 25.4 Å². The van der Waals surface area contributed by atoms with Crippen LogP contribution in [0.5, 0.6) is 11.6 Å². The van der Waals surface area contributed by atoms with Crippen LogP contribution in [0.3, 0.4) is 0 Å². The van der Waals surface area contributed by atoms with Crippen molar-refractivity contribution in [1.82, 2.24) is 29.7 Å². The fourth-order valence-corrected chi connectivity index (χ4v) is 4.27. The molecular formula is C25H31F2N7O4. The molecule has 11 nitrogen and oxygen atoms in total. The number of nitrogens with zero attached hydrogens (tertiary/aromatic N) is 6. The number of nitrogens with one attached hydrogen (secondary N) is 1. The van der Waals surface area contributed by atoms with Gasteiger partial charge in [-0.15, -0.1) is 0 Å². The van der Waals surface area contributed by atoms with Gasteiger partial charge >= 0.3 is 5.97 Å². The lowest BCUT2D eigenvalue weighted by Gasteiger charge is -2.27. The first-order valence-corrected chi connectivity index (χ1v) is 12.5. The Bertz CT molecular complexity index is 1260. The quantitative estimate of drug-likeness (QED) is 0.375. The SMILES string of the molecule is CCc1nc(-c2cnn(C)c2CNc2nccc(OCC(C)(F)F)n2)ncc1O[C@H]1CCC[C@H](C(=O)O)C1. The average Bonchev–Trinajstić information content (AvgIpc) is 3.26. The maximum Gasteiger partial charge on any atom is 0.306 e. The predicted molar refractivity (Wildman–Crippen MR) is 133 cm³/mol. The molecule has 0 unspecified atom stereocenters. The molecule has 3 heterocycles. The number of anilines is 1. The summed E-state index contributed by atoms with van der Waals surface area (Å²) in [4.78, 5) is 28.9. The Balaban J connectivity index is 1.47. The van der Waals surface area contributed by atoms with E-state index in [1.807, 2.05) is 6.92 Å². The topological polar surface area (TPSA) is 137 Å². The third kappa shape index (κ3) is 6.90. The van der Waals surface area contributed by atoms with Gasteiger partial charge in [0.05, 0.1) is 47.9 Å². The first-order chi connectivity index (χ1) is 18.1. The molecule has 0 saturated heterocycles. The van der Waals surface area contributed by atoms with Gasteiger partial charge in [0.1, 0.15) is 0 Å². The van der Waals surface area contributed by atoms with Crippen LogP contribution in [0.4, 0.5) is 14.7 Å². The molecule has 13 heteroatoms. The molecule has 204 valence electrons. The van der Waals surface area contributed by atoms with Crippen LogP contribution in [-0.4, -0.2) is 59.4 Å². The van der Waals surface area contributed by atoms with Crippen molar-refractivity contribution in [2.24, 2.45) is 13.0 Å². The Morgan fingerprint density at radius 2 is 2.08 bits per heavy atom. The van der Waals surface area contributed by atoms with Gasteiger partial charge in [0, 0.05) is 26.2 Å². The number of carboxylic acids is 1. The van der Waals surface area contributed by atoms with Gasteiger partial charge in [-0.2, -0.15) is 10.1 Å². The molecule has 0 spiro atoms. The molecule has 1 aliphatic carbocycles. The zero-order valence-electron chi connectivity index (χ0n) is 21.5. The van der Waals surface area contributed by atoms with Gasteiger partial charge in [0.2, 0.25) is 11.8 Å². The molecule has 1 fully saturated rings. The Labute approximate surface area is 218 Å². The number of hydrogen-bond donors (Lipinski definition) is 2. The van der Waals surface area contributed by atoms with Crippen LogP contribution in [0.1, 0.15) is 50.9 Å². The first-order valence-electron chi connectivity index (χ1n) is 12.5. The summed E-state index contributed by atoms with van der Waals surface area (Å²) in [5.74, 6) is -2.89. The van der Waals surface area contributed by atoms with Gasteiger partial charge in [-0.25, -0.2) is 23.7 Å². The number of aryl methyl sites for hydroxylation is 2. The summed E-state index contributed by atoms with van der Waals surface area (Å²) in [6.07, 6.45) is 7.85. The maximum atomic E-state index is 13.1. The third-order valence-corrected chi connectivity index (χ3v) is 6.25. The summed E-state index contributed by atoms with van der Waals surface area (Å²) >= 11 is 0. The minimum absolute atomic E-state index is 0.0356. The molecule has 1 saturated carbocycles. The van der Waals surface area contributed by atoms with Gasteiger partial charge in [-0.3, -0.25) is 9.48 Å². The van der Waals surface area contributed by atoms with E-state index in [1.165, 1.54) is 12.3 Å². The average molecular weight is 532 g/mol. The molecular weight excluding hydrogens is 500 g/mol. The van der Waals surface area contributed by atoms with Crippen LogP contribution < -0.4 is 14.8 Å². The van der Waals surface area contributed by atoms with Crippen molar-refractivity contribution < 1.29 is 28.2 Å². The van der Waals surface area contributed by atoms with E-state index < -0.39 is 24.4 Å². The van der Waals surface area contributed by atoms with Crippen molar-refractivity contribution in [2.75, 3.05) is 11.9 Å². The van der Waals surface area contributed by atoms with Crippen LogP contribution in [-0.2, 0) is 24.8 Å². The number of ether oxygens (including phenoxy) is 2. The highest BCUT2D eigenvalue weighted by Gasteiger charge is 2.29. The Kier molecular flexibility index (Phi) is 8.32. The van der Waals surface area contributed by atoms with E-state index in [0.29, 0.717) is 36.4 Å². The minimum atomic E-state index is -2.97. The van der Waals surface area contributed by atoms with E-state index in [1.54, 1.807) is 24.1 Å². The second kappa shape index (κ2) is 11.7. The number of aliphatic carboxylic acids is 1. The Hall–Kier alpha value is -3.90. The smallest absolute Gasteiger partial charge is 0.306 e. The molecule has 0 amide bonds. The van der Waals surface area contributed by atoms with Gasteiger partial charge in [0.25, 0.3) is 5.92 Å². The zero-order valence-corrected chi connectivity index (χ0v) is 21.5. The first kappa shape index (κ1) is 27.1. The number of carbonyl (C=O) groups is 1. The molecule has 0 bridgehead atoms. The summed E-state index contributed by atoms with van der Waals surface area (Å²) in [6, 6.07) is 1.41. The van der Waals surface area contributed by atoms with E-state index >= 15 is 0 Å². The highest BCUT2D eigenvalue weighted by molar-refractivity contribution is 5.70. The fourth-order valence-electron chi connectivity index (χ4n) is 4.27. The number of rotatable bonds is 11. The second-order valence-electron chi connectivity index (χ2n) is 9.36. The van der Waals surface area contributed by atoms with Crippen LogP contribution in [0.15, 0.2) is 24.7 Å². The monoisotopic (exact) mass is 531 g/mol. The molecule has 3 aromatic heterocycles. The van der Waals surface area contributed by atoms with E-state index in [9.17, 15) is 18.7 Å². The number of carboxylic acid groups (broad SMARTS) is 1. The lowest BCUT2D eigenvalue weighted by molar-refractivity contribution is -0.143. The number of aromatic nitrogens is 6. The number of hydrogen-bond acceptors (Lipinski definition) is 9. The van der Waals surface area contributed by atoms with E-state index in [4.69, 9.17) is 14.5 Å². The normalized spacial score (nSPS) is 17.7. The molecule has 2 N–H and O–H groups in total. The molecule has 0 aromatic carbocycles. The number of halogens is 2. The summed E-state index contributed by atoms with van der Waals surface area (Å²) < 4.78 is 39.1. The predicted octanol–water partition coefficient (Wildman–Crippen LogP) is 3.90. The minimum Gasteiger partial charge on any atom is -0.487 e. The Morgan fingerprint density at radius 3 is 2.82 bits per heavy atom. The largest absolute Gasteiger partial charge is 0.487 e. The highest BCUT2D eigenvalue weighted by Crippen LogP contribution is 2.30. The molecule has 4 rings (SSSR count). The van der Waals surface area contributed by atoms with Gasteiger partial charge in [-0.05, 0) is 32.1 Å². The number of alkyl halides is 2. The van der Waals surface area contributed by atoms with Gasteiger partial charge in [-0.1, -0.05) is 6.92 Å². The molecule has 0 aliphatic heterocycles. The lowest BCUT2D eigenvalue weighted by atomic mass is 9.87. The Morgan fingerprint density at radius 1 is 1.26 bits per heavy atom. The van der Waals surface area contributed by atoms with Crippen molar-refractivity contribution in [1.29, 1.82) is 0 Å². The van der Waals surface area contributed by atoms with Crippen molar-refractivity contribution >= 4 is 11.9 Å². The van der Waals surface area contributed by atoms with Crippen molar-refractivity contribution in [3.05, 3.63) is 36.0 Å². The van der Waals surface area contributed by atoms with Crippen molar-refractivity contribution in [2.45, 2.75) is 64.5 Å².